The number of ketones is 1. The lowest BCUT2D eigenvalue weighted by molar-refractivity contribution is 0.0601. The van der Waals surface area contributed by atoms with E-state index in [0.717, 1.165) is 23.5 Å². The number of hydrogen-bond donors (Lipinski definition) is 1. The van der Waals surface area contributed by atoms with Crippen LogP contribution in [0.15, 0.2) is 11.4 Å². The van der Waals surface area contributed by atoms with Crippen LogP contribution in [0.25, 0.3) is 0 Å². The number of halogens is 1. The monoisotopic (exact) mass is 427 g/mol. The summed E-state index contributed by atoms with van der Waals surface area (Å²) in [5, 5.41) is 3.37. The number of nitrogens with one attached hydrogen (secondary N) is 1. The molecule has 1 N–H and O–H groups in total. The molecule has 0 aliphatic carbocycles. The number of nitrogens with zero attached hydrogens (tertiary/aromatic N) is 2. The summed E-state index contributed by atoms with van der Waals surface area (Å²) in [6.45, 7) is 5.05. The number of Topliss-reactive ketones (excluding diaryl/α,β-unsaturated/α-hetero) is 1. The van der Waals surface area contributed by atoms with E-state index in [0.29, 0.717) is 15.6 Å². The summed E-state index contributed by atoms with van der Waals surface area (Å²) in [4.78, 5) is 45.3. The number of rotatable bonds is 7. The van der Waals surface area contributed by atoms with Gasteiger partial charge in [0.1, 0.15) is 5.00 Å². The largest absolute Gasteiger partial charge is 0.465 e. The minimum Gasteiger partial charge on any atom is -0.465 e. The van der Waals surface area contributed by atoms with E-state index in [-0.39, 0.29) is 27.1 Å². The van der Waals surface area contributed by atoms with E-state index in [4.69, 9.17) is 16.3 Å². The number of thiophene rings is 1. The molecular weight excluding hydrogens is 410 g/mol. The van der Waals surface area contributed by atoms with Gasteiger partial charge in [-0.2, -0.15) is 0 Å². The number of hydrogen-bond acceptors (Lipinski definition) is 8. The molecule has 2 heterocycles. The Balaban J connectivity index is 2.39. The quantitative estimate of drug-likeness (QED) is 0.305. The summed E-state index contributed by atoms with van der Waals surface area (Å²) in [6, 6.07) is 0. The molecule has 0 bridgehead atoms. The topological polar surface area (TPSA) is 98.2 Å². The van der Waals surface area contributed by atoms with Gasteiger partial charge in [0.05, 0.1) is 28.8 Å². The summed E-state index contributed by atoms with van der Waals surface area (Å²) in [5.41, 5.74) is 0.603. The molecule has 0 saturated carbocycles. The Hall–Kier alpha value is -1.97. The molecule has 0 saturated heterocycles. The van der Waals surface area contributed by atoms with Gasteiger partial charge in [0.25, 0.3) is 5.91 Å². The Kier molecular flexibility index (Phi) is 7.34. The second-order valence-corrected chi connectivity index (χ2v) is 7.95. The van der Waals surface area contributed by atoms with Crippen molar-refractivity contribution in [2.45, 2.75) is 32.3 Å². The van der Waals surface area contributed by atoms with E-state index >= 15 is 0 Å². The molecule has 1 amide bonds. The molecule has 144 valence electrons. The zero-order valence-corrected chi connectivity index (χ0v) is 17.6. The fraction of sp³-hybridized carbons (Fsp3) is 0.353. The van der Waals surface area contributed by atoms with Crippen LogP contribution in [0, 0.1) is 6.92 Å². The van der Waals surface area contributed by atoms with Gasteiger partial charge in [-0.3, -0.25) is 9.59 Å². The lowest BCUT2D eigenvalue weighted by Gasteiger charge is -2.08. The zero-order valence-electron chi connectivity index (χ0n) is 15.2. The molecule has 0 aliphatic rings. The number of thioether (sulfide) groups is 1. The second-order valence-electron chi connectivity index (χ2n) is 5.46. The van der Waals surface area contributed by atoms with Crippen molar-refractivity contribution in [1.29, 1.82) is 0 Å². The van der Waals surface area contributed by atoms with Gasteiger partial charge in [0.2, 0.25) is 0 Å². The molecule has 10 heteroatoms. The van der Waals surface area contributed by atoms with E-state index in [2.05, 4.69) is 15.3 Å². The number of aromatic nitrogens is 2. The van der Waals surface area contributed by atoms with Gasteiger partial charge in [-0.15, -0.1) is 11.3 Å². The Labute approximate surface area is 169 Å². The van der Waals surface area contributed by atoms with Crippen molar-refractivity contribution in [1.82, 2.24) is 9.97 Å². The highest BCUT2D eigenvalue weighted by Gasteiger charge is 2.26. The lowest BCUT2D eigenvalue weighted by Crippen LogP contribution is -2.16. The first-order chi connectivity index (χ1) is 12.8. The Morgan fingerprint density at radius 2 is 2.07 bits per heavy atom. The smallest absolute Gasteiger partial charge is 0.341 e. The van der Waals surface area contributed by atoms with Crippen LogP contribution in [0.3, 0.4) is 0 Å². The third kappa shape index (κ3) is 4.85. The van der Waals surface area contributed by atoms with Gasteiger partial charge in [0.15, 0.2) is 16.6 Å². The van der Waals surface area contributed by atoms with Gasteiger partial charge in [-0.1, -0.05) is 30.3 Å². The lowest BCUT2D eigenvalue weighted by atomic mass is 10.1. The standard InChI is InChI=1S/C17H18ClN3O4S2/c1-5-6-26-17-19-7-10(18)12(20-17)14(23)21-15-11(16(24)25-4)8(2)13(27-15)9(3)22/h7H,5-6H2,1-4H3,(H,21,23). The van der Waals surface area contributed by atoms with Crippen molar-refractivity contribution in [2.24, 2.45) is 0 Å². The van der Waals surface area contributed by atoms with Gasteiger partial charge < -0.3 is 10.1 Å². The second kappa shape index (κ2) is 9.29. The molecule has 0 atom stereocenters. The van der Waals surface area contributed by atoms with Crippen LogP contribution in [-0.4, -0.2) is 40.5 Å². The number of amides is 1. The molecule has 0 unspecified atom stereocenters. The molecule has 2 aromatic heterocycles. The van der Waals surface area contributed by atoms with Crippen molar-refractivity contribution in [3.8, 4) is 0 Å². The number of methoxy groups -OCH3 is 1. The maximum Gasteiger partial charge on any atom is 0.341 e. The first-order valence-electron chi connectivity index (χ1n) is 7.99. The molecule has 27 heavy (non-hydrogen) atoms. The van der Waals surface area contributed by atoms with Crippen LogP contribution in [-0.2, 0) is 4.74 Å². The fourth-order valence-corrected chi connectivity index (χ4v) is 4.15. The maximum atomic E-state index is 12.7. The fourth-order valence-electron chi connectivity index (χ4n) is 2.22. The number of carbonyl (C=O) groups is 3. The molecule has 7 nitrogen and oxygen atoms in total. The van der Waals surface area contributed by atoms with E-state index in [1.807, 2.05) is 6.92 Å². The van der Waals surface area contributed by atoms with Crippen LogP contribution in [0.5, 0.6) is 0 Å². The minimum absolute atomic E-state index is 0.00323. The molecule has 0 radical (unpaired) electrons. The van der Waals surface area contributed by atoms with Crippen LogP contribution in [0.2, 0.25) is 5.02 Å². The zero-order chi connectivity index (χ0) is 20.1. The van der Waals surface area contributed by atoms with Gasteiger partial charge in [-0.05, 0) is 25.8 Å². The predicted octanol–water partition coefficient (Wildman–Crippen LogP) is 4.24. The van der Waals surface area contributed by atoms with Crippen molar-refractivity contribution >= 4 is 57.4 Å². The minimum atomic E-state index is -0.639. The molecular formula is C17H18ClN3O4S2. The molecule has 0 spiro atoms. The average Bonchev–Trinajstić information content (AvgIpc) is 2.96. The number of ether oxygens (including phenoxy) is 1. The third-order valence-electron chi connectivity index (χ3n) is 3.46. The summed E-state index contributed by atoms with van der Waals surface area (Å²) < 4.78 is 4.78. The average molecular weight is 428 g/mol. The summed E-state index contributed by atoms with van der Waals surface area (Å²) in [5.74, 6) is -0.635. The summed E-state index contributed by atoms with van der Waals surface area (Å²) >= 11 is 8.49. The maximum absolute atomic E-state index is 12.7. The SMILES string of the molecule is CCCSc1ncc(Cl)c(C(=O)Nc2sc(C(C)=O)c(C)c2C(=O)OC)n1. The first kappa shape index (κ1) is 21.3. The van der Waals surface area contributed by atoms with Crippen LogP contribution in [0.4, 0.5) is 5.00 Å². The van der Waals surface area contributed by atoms with Crippen LogP contribution >= 0.6 is 34.7 Å². The number of esters is 1. The highest BCUT2D eigenvalue weighted by molar-refractivity contribution is 7.99. The van der Waals surface area contributed by atoms with Gasteiger partial charge in [0, 0.05) is 5.75 Å². The van der Waals surface area contributed by atoms with Crippen LogP contribution < -0.4 is 5.32 Å². The van der Waals surface area contributed by atoms with E-state index in [1.54, 1.807) is 6.92 Å². The molecule has 0 fully saturated rings. The highest BCUT2D eigenvalue weighted by Crippen LogP contribution is 2.34. The Morgan fingerprint density at radius 1 is 1.37 bits per heavy atom. The molecule has 0 aromatic carbocycles. The Bertz CT molecular complexity index is 899. The predicted molar refractivity (Wildman–Crippen MR) is 106 cm³/mol. The van der Waals surface area contributed by atoms with Crippen molar-refractivity contribution in [2.75, 3.05) is 18.2 Å². The van der Waals surface area contributed by atoms with Gasteiger partial charge in [-0.25, -0.2) is 14.8 Å². The number of carbonyl (C=O) groups excluding carboxylic acids is 3. The summed E-state index contributed by atoms with van der Waals surface area (Å²) in [7, 11) is 1.23. The van der Waals surface area contributed by atoms with Gasteiger partial charge >= 0.3 is 5.97 Å². The van der Waals surface area contributed by atoms with E-state index in [1.165, 1.54) is 32.0 Å². The molecule has 0 aliphatic heterocycles. The Morgan fingerprint density at radius 3 is 2.67 bits per heavy atom. The van der Waals surface area contributed by atoms with E-state index < -0.39 is 11.9 Å². The molecule has 2 rings (SSSR count). The number of anilines is 1. The normalized spacial score (nSPS) is 10.6. The van der Waals surface area contributed by atoms with Crippen LogP contribution in [0.1, 0.15) is 56.3 Å². The van der Waals surface area contributed by atoms with Crippen molar-refractivity contribution in [3.63, 3.8) is 0 Å². The molecule has 2 aromatic rings. The highest BCUT2D eigenvalue weighted by atomic mass is 35.5. The first-order valence-corrected chi connectivity index (χ1v) is 10.2. The van der Waals surface area contributed by atoms with E-state index in [9.17, 15) is 14.4 Å². The summed E-state index contributed by atoms with van der Waals surface area (Å²) in [6.07, 6.45) is 2.30. The van der Waals surface area contributed by atoms with Crippen molar-refractivity contribution < 1.29 is 19.1 Å². The third-order valence-corrected chi connectivity index (χ3v) is 6.11. The van der Waals surface area contributed by atoms with Crippen molar-refractivity contribution in [3.05, 3.63) is 32.9 Å².